The summed E-state index contributed by atoms with van der Waals surface area (Å²) in [6, 6.07) is 3.22. The number of aliphatic hydroxyl groups is 8. The Morgan fingerprint density at radius 3 is 2.28 bits per heavy atom. The maximum Gasteiger partial charge on any atom is 0.335 e. The molecule has 16 heteroatoms. The van der Waals surface area contributed by atoms with Crippen molar-refractivity contribution in [2.75, 3.05) is 13.7 Å². The molecule has 0 spiro atoms. The molecule has 16 nitrogen and oxygen atoms in total. The fourth-order valence-electron chi connectivity index (χ4n) is 11.4. The van der Waals surface area contributed by atoms with Crippen molar-refractivity contribution < 1.29 is 69.1 Å². The van der Waals surface area contributed by atoms with Crippen molar-refractivity contribution in [1.82, 2.24) is 0 Å². The maximum absolute atomic E-state index is 12.7. The number of ether oxygens (including phenoxy) is 4. The summed E-state index contributed by atoms with van der Waals surface area (Å²) < 4.78 is 28.7. The van der Waals surface area contributed by atoms with Gasteiger partial charge >= 0.3 is 5.63 Å². The molecule has 0 bridgehead atoms. The predicted molar refractivity (Wildman–Crippen MR) is 182 cm³/mol. The summed E-state index contributed by atoms with van der Waals surface area (Å²) >= 11 is 0. The summed E-state index contributed by atoms with van der Waals surface area (Å²) in [6.45, 7) is 3.05. The molecule has 0 amide bonds. The molecule has 18 atom stereocenters. The molecule has 6 fully saturated rings. The first-order valence-corrected chi connectivity index (χ1v) is 18.9. The zero-order valence-electron chi connectivity index (χ0n) is 30.3. The third-order valence-electron chi connectivity index (χ3n) is 14.2. The van der Waals surface area contributed by atoms with Gasteiger partial charge < -0.3 is 69.1 Å². The van der Waals surface area contributed by atoms with Crippen molar-refractivity contribution in [1.29, 1.82) is 0 Å². The highest BCUT2D eigenvalue weighted by molar-refractivity contribution is 5.69. The summed E-state index contributed by atoms with van der Waals surface area (Å²) in [7, 11) is 1.45. The lowest BCUT2D eigenvalue weighted by atomic mass is 9.41. The third-order valence-corrected chi connectivity index (χ3v) is 14.2. The second-order valence-electron chi connectivity index (χ2n) is 16.6. The van der Waals surface area contributed by atoms with Crippen molar-refractivity contribution in [3.8, 4) is 0 Å². The van der Waals surface area contributed by atoms with Crippen LogP contribution in [0.2, 0.25) is 0 Å². The van der Waals surface area contributed by atoms with Crippen molar-refractivity contribution in [3.05, 3.63) is 34.4 Å². The van der Waals surface area contributed by atoms with Gasteiger partial charge in [0.25, 0.3) is 0 Å². The molecule has 1 aromatic rings. The second kappa shape index (κ2) is 14.5. The van der Waals surface area contributed by atoms with Crippen LogP contribution in [0, 0.1) is 22.7 Å². The number of rotatable bonds is 8. The van der Waals surface area contributed by atoms with Crippen LogP contribution in [0.3, 0.4) is 0 Å². The van der Waals surface area contributed by atoms with Crippen LogP contribution >= 0.6 is 0 Å². The monoisotopic (exact) mass is 753 g/mol. The van der Waals surface area contributed by atoms with Gasteiger partial charge in [-0.2, -0.15) is 0 Å². The molecular weight excluding hydrogens is 698 g/mol. The molecule has 298 valence electrons. The molecule has 6 aliphatic rings. The van der Waals surface area contributed by atoms with Gasteiger partial charge in [0, 0.05) is 23.3 Å². The van der Waals surface area contributed by atoms with Gasteiger partial charge in [0.2, 0.25) is 0 Å². The molecule has 7 rings (SSSR count). The minimum Gasteiger partial charge on any atom is -0.431 e. The Balaban J connectivity index is 1.05. The number of nitrogens with zero attached hydrogens (tertiary/aromatic N) is 1. The molecule has 0 radical (unpaired) electrons. The molecule has 2 aliphatic heterocycles. The smallest absolute Gasteiger partial charge is 0.335 e. The van der Waals surface area contributed by atoms with Crippen molar-refractivity contribution in [3.63, 3.8) is 0 Å². The molecule has 4 aliphatic carbocycles. The quantitative estimate of drug-likeness (QED) is 0.0960. The van der Waals surface area contributed by atoms with Crippen LogP contribution in [0.25, 0.3) is 0 Å². The van der Waals surface area contributed by atoms with Gasteiger partial charge in [0.1, 0.15) is 49.8 Å². The molecule has 0 aromatic carbocycles. The minimum absolute atomic E-state index is 0.00760. The summed E-state index contributed by atoms with van der Waals surface area (Å²) in [5, 5.41) is 92.1. The van der Waals surface area contributed by atoms with E-state index in [1.54, 1.807) is 19.2 Å². The highest BCUT2D eigenvalue weighted by Crippen LogP contribution is 2.71. The normalized spacial score (nSPS) is 51.4. The predicted octanol–water partition coefficient (Wildman–Crippen LogP) is -0.355. The number of aliphatic hydroxyl groups excluding tert-OH is 6. The highest BCUT2D eigenvalue weighted by atomic mass is 16.7. The lowest BCUT2D eigenvalue weighted by Crippen LogP contribution is -2.69. The zero-order chi connectivity index (χ0) is 38.1. The highest BCUT2D eigenvalue weighted by Gasteiger charge is 2.71. The Hall–Kier alpha value is -2.06. The van der Waals surface area contributed by atoms with Crippen LogP contribution < -0.4 is 5.63 Å². The van der Waals surface area contributed by atoms with E-state index in [1.165, 1.54) is 19.4 Å². The fraction of sp³-hybridized carbons (Fsp3) is 0.838. The maximum atomic E-state index is 12.7. The molecule has 4 saturated carbocycles. The Morgan fingerprint density at radius 2 is 1.58 bits per heavy atom. The van der Waals surface area contributed by atoms with Gasteiger partial charge in [0.15, 0.2) is 12.6 Å². The van der Waals surface area contributed by atoms with Crippen molar-refractivity contribution >= 4 is 6.21 Å². The van der Waals surface area contributed by atoms with Crippen LogP contribution in [0.5, 0.6) is 0 Å². The minimum atomic E-state index is -1.71. The summed E-state index contributed by atoms with van der Waals surface area (Å²) in [5.41, 5.74) is -3.16. The molecule has 3 heterocycles. The molecule has 53 heavy (non-hydrogen) atoms. The van der Waals surface area contributed by atoms with Gasteiger partial charge in [-0.15, -0.1) is 0 Å². The largest absolute Gasteiger partial charge is 0.431 e. The van der Waals surface area contributed by atoms with E-state index in [2.05, 4.69) is 12.1 Å². The molecule has 2 saturated heterocycles. The number of hydrogen-bond acceptors (Lipinski definition) is 16. The number of oxime groups is 1. The average molecular weight is 754 g/mol. The van der Waals surface area contributed by atoms with Crippen LogP contribution in [0.1, 0.15) is 83.1 Å². The zero-order valence-corrected chi connectivity index (χ0v) is 30.3. The third kappa shape index (κ3) is 6.21. The Morgan fingerprint density at radius 1 is 0.868 bits per heavy atom. The van der Waals surface area contributed by atoms with Gasteiger partial charge in [-0.1, -0.05) is 12.1 Å². The van der Waals surface area contributed by atoms with E-state index < -0.39 is 102 Å². The molecule has 8 N–H and O–H groups in total. The fourth-order valence-corrected chi connectivity index (χ4v) is 11.4. The topological polar surface area (TPSA) is 251 Å². The Bertz CT molecular complexity index is 1520. The van der Waals surface area contributed by atoms with E-state index >= 15 is 0 Å². The first-order chi connectivity index (χ1) is 25.1. The van der Waals surface area contributed by atoms with E-state index in [0.717, 1.165) is 18.4 Å². The van der Waals surface area contributed by atoms with E-state index in [0.29, 0.717) is 38.5 Å². The van der Waals surface area contributed by atoms with Gasteiger partial charge in [-0.25, -0.2) is 4.79 Å². The van der Waals surface area contributed by atoms with Crippen molar-refractivity contribution in [2.45, 2.75) is 156 Å². The SMILES string of the molecule is CO/N=C/[C@]12CC[C@H](O[C@@H]3OC(C)[C@H](O[C@@H]4OC(CO)[C@@H](O)C(O)C4O)C(O)C3O)C[C@@]1(O)CC[C@@H]1[C@@H]2CC[C@]2(C)[C@@H](c3ccc(=O)oc3)CC[C@]12O. The van der Waals surface area contributed by atoms with Gasteiger partial charge in [-0.3, -0.25) is 0 Å². The Kier molecular flexibility index (Phi) is 10.7. The van der Waals surface area contributed by atoms with E-state index in [1.807, 2.05) is 0 Å². The van der Waals surface area contributed by atoms with Crippen LogP contribution in [-0.2, 0) is 23.8 Å². The van der Waals surface area contributed by atoms with Gasteiger partial charge in [-0.05, 0) is 87.7 Å². The molecular formula is C37H55NO15. The number of hydrogen-bond donors (Lipinski definition) is 8. The molecule has 6 unspecified atom stereocenters. The first-order valence-electron chi connectivity index (χ1n) is 18.9. The summed E-state index contributed by atoms with van der Waals surface area (Å²) in [5.74, 6) is -0.248. The van der Waals surface area contributed by atoms with Gasteiger partial charge in [0.05, 0.1) is 42.5 Å². The summed E-state index contributed by atoms with van der Waals surface area (Å²) in [4.78, 5) is 16.9. The van der Waals surface area contributed by atoms with Crippen LogP contribution in [0.4, 0.5) is 0 Å². The summed E-state index contributed by atoms with van der Waals surface area (Å²) in [6.07, 6.45) is -6.98. The van der Waals surface area contributed by atoms with Crippen LogP contribution in [0.15, 0.2) is 32.8 Å². The standard InChI is InChI=1S/C37H55NO15/c1-18-31(53-33-29(44)27(42)26(41)24(15-39)52-33)28(43)30(45)32(50-18)51-20-6-11-35(17-38-48-3)22-7-10-34(2)21(19-4-5-25(40)49-16-19)9-13-37(34,47)23(22)8-12-36(35,46)14-20/h4-5,16-18,20-24,26-33,39,41-47H,6-15H2,1-3H3/b38-17+/t18?,20-,21+,22-,23+,24?,26+,27?,28?,29?,30?,31-,32-,33-,34+,35-,36-,37-/m0/s1. The first kappa shape index (κ1) is 39.2. The van der Waals surface area contributed by atoms with E-state index in [-0.39, 0.29) is 24.2 Å². The van der Waals surface area contributed by atoms with E-state index in [9.17, 15) is 45.6 Å². The Labute approximate surface area is 307 Å². The average Bonchev–Trinajstić information content (AvgIpc) is 3.42. The van der Waals surface area contributed by atoms with Crippen LogP contribution in [-0.4, -0.2) is 140 Å². The lowest BCUT2D eigenvalue weighted by molar-refractivity contribution is -0.361. The number of fused-ring (bicyclic) bond motifs is 5. The second-order valence-corrected chi connectivity index (χ2v) is 16.6. The molecule has 1 aromatic heterocycles. The van der Waals surface area contributed by atoms with Crippen molar-refractivity contribution in [2.24, 2.45) is 27.8 Å². The lowest BCUT2D eigenvalue weighted by Gasteiger charge is -2.65. The van der Waals surface area contributed by atoms with E-state index in [4.69, 9.17) is 28.2 Å².